The lowest BCUT2D eigenvalue weighted by Crippen LogP contribution is -2.47. The smallest absolute Gasteiger partial charge is 0.187 e. The third-order valence-corrected chi connectivity index (χ3v) is 6.44. The summed E-state index contributed by atoms with van der Waals surface area (Å²) in [6.07, 6.45) is 2.76. The molecule has 100 valence electrons. The molecule has 2 rings (SSSR count). The van der Waals surface area contributed by atoms with Gasteiger partial charge in [0, 0.05) is 31.2 Å². The number of thiazole rings is 1. The molecule has 8 heteroatoms. The van der Waals surface area contributed by atoms with Crippen LogP contribution in [-0.2, 0) is 9.84 Å². The molecule has 0 amide bonds. The highest BCUT2D eigenvalue weighted by molar-refractivity contribution is 8.01. The van der Waals surface area contributed by atoms with Crippen molar-refractivity contribution in [3.63, 3.8) is 0 Å². The van der Waals surface area contributed by atoms with E-state index >= 15 is 0 Å². The monoisotopic (exact) mass is 306 g/mol. The van der Waals surface area contributed by atoms with Gasteiger partial charge in [0.2, 0.25) is 0 Å². The highest BCUT2D eigenvalue weighted by Crippen LogP contribution is 2.30. The van der Waals surface area contributed by atoms with Gasteiger partial charge in [-0.15, -0.1) is 0 Å². The third kappa shape index (κ3) is 2.86. The van der Waals surface area contributed by atoms with E-state index in [0.717, 1.165) is 5.75 Å². The SMILES string of the molecule is CC(=O)c1cnc(N2CCSCC2S(C)(=O)=O)s1. The fraction of sp³-hybridized carbons (Fsp3) is 0.600. The van der Waals surface area contributed by atoms with E-state index in [1.54, 1.807) is 16.7 Å². The van der Waals surface area contributed by atoms with Crippen molar-refractivity contribution in [1.82, 2.24) is 4.98 Å². The molecule has 1 aliphatic heterocycles. The Morgan fingerprint density at radius 2 is 2.28 bits per heavy atom. The van der Waals surface area contributed by atoms with Crippen molar-refractivity contribution in [3.05, 3.63) is 11.1 Å². The average Bonchev–Trinajstić information content (AvgIpc) is 2.77. The predicted molar refractivity (Wildman–Crippen MR) is 75.4 cm³/mol. The first-order valence-corrected chi connectivity index (χ1v) is 9.32. The first-order chi connectivity index (χ1) is 8.39. The summed E-state index contributed by atoms with van der Waals surface area (Å²) in [5.41, 5.74) is 0. The maximum atomic E-state index is 11.8. The van der Waals surface area contributed by atoms with Crippen molar-refractivity contribution in [3.8, 4) is 0 Å². The minimum absolute atomic E-state index is 0.0407. The Hall–Kier alpha value is -0.600. The number of hydrogen-bond acceptors (Lipinski definition) is 7. The van der Waals surface area contributed by atoms with Crippen molar-refractivity contribution < 1.29 is 13.2 Å². The van der Waals surface area contributed by atoms with Crippen LogP contribution in [0.1, 0.15) is 16.6 Å². The van der Waals surface area contributed by atoms with Crippen LogP contribution in [0.3, 0.4) is 0 Å². The number of anilines is 1. The van der Waals surface area contributed by atoms with E-state index in [0.29, 0.717) is 22.3 Å². The van der Waals surface area contributed by atoms with Gasteiger partial charge in [0.05, 0.1) is 11.1 Å². The molecule has 1 aliphatic rings. The molecule has 5 nitrogen and oxygen atoms in total. The number of rotatable bonds is 3. The highest BCUT2D eigenvalue weighted by Gasteiger charge is 2.32. The van der Waals surface area contributed by atoms with Gasteiger partial charge in [-0.05, 0) is 0 Å². The van der Waals surface area contributed by atoms with Gasteiger partial charge in [0.1, 0.15) is 5.37 Å². The molecule has 1 aromatic rings. The first-order valence-electron chi connectivity index (χ1n) is 5.39. The van der Waals surface area contributed by atoms with Crippen LogP contribution in [0, 0.1) is 0 Å². The summed E-state index contributed by atoms with van der Waals surface area (Å²) in [6.45, 7) is 2.13. The Labute approximate surface area is 115 Å². The molecule has 0 aromatic carbocycles. The summed E-state index contributed by atoms with van der Waals surface area (Å²) in [4.78, 5) is 17.8. The van der Waals surface area contributed by atoms with Crippen molar-refractivity contribution in [1.29, 1.82) is 0 Å². The van der Waals surface area contributed by atoms with Crippen LogP contribution < -0.4 is 4.90 Å². The Morgan fingerprint density at radius 3 is 2.83 bits per heavy atom. The Balaban J connectivity index is 2.31. The Morgan fingerprint density at radius 1 is 1.56 bits per heavy atom. The number of hydrogen-bond donors (Lipinski definition) is 0. The summed E-state index contributed by atoms with van der Waals surface area (Å²) in [6, 6.07) is 0. The summed E-state index contributed by atoms with van der Waals surface area (Å²) in [5, 5.41) is 0.0816. The number of thioether (sulfide) groups is 1. The number of aromatic nitrogens is 1. The maximum Gasteiger partial charge on any atom is 0.187 e. The average molecular weight is 306 g/mol. The summed E-state index contributed by atoms with van der Waals surface area (Å²) >= 11 is 2.89. The highest BCUT2D eigenvalue weighted by atomic mass is 32.2. The van der Waals surface area contributed by atoms with Crippen LogP contribution in [-0.4, -0.2) is 48.9 Å². The molecule has 18 heavy (non-hydrogen) atoms. The van der Waals surface area contributed by atoms with Crippen molar-refractivity contribution in [2.24, 2.45) is 0 Å². The van der Waals surface area contributed by atoms with Crippen LogP contribution in [0.15, 0.2) is 6.20 Å². The van der Waals surface area contributed by atoms with Crippen LogP contribution >= 0.6 is 23.1 Å². The summed E-state index contributed by atoms with van der Waals surface area (Å²) in [7, 11) is -3.15. The minimum Gasteiger partial charge on any atom is -0.329 e. The molecule has 0 saturated carbocycles. The normalized spacial score (nSPS) is 21.0. The van der Waals surface area contributed by atoms with E-state index in [1.807, 2.05) is 0 Å². The van der Waals surface area contributed by atoms with Gasteiger partial charge in [-0.1, -0.05) is 11.3 Å². The number of nitrogens with zero attached hydrogens (tertiary/aromatic N) is 2. The van der Waals surface area contributed by atoms with Gasteiger partial charge in [0.25, 0.3) is 0 Å². The second-order valence-corrected chi connectivity index (χ2v) is 8.48. The summed E-state index contributed by atoms with van der Waals surface area (Å²) < 4.78 is 23.5. The zero-order chi connectivity index (χ0) is 13.3. The minimum atomic E-state index is -3.15. The fourth-order valence-electron chi connectivity index (χ4n) is 1.72. The molecular weight excluding hydrogens is 292 g/mol. The lowest BCUT2D eigenvalue weighted by molar-refractivity contribution is 0.102. The second kappa shape index (κ2) is 5.18. The molecule has 0 spiro atoms. The Kier molecular flexibility index (Phi) is 3.98. The quantitative estimate of drug-likeness (QED) is 0.784. The molecule has 0 bridgehead atoms. The standard InChI is InChI=1S/C10H14N2O3S3/c1-7(13)8-5-11-10(17-8)12-3-4-16-6-9(12)18(2,14)15/h5,9H,3-4,6H2,1-2H3. The molecular formula is C10H14N2O3S3. The molecule has 1 aromatic heterocycles. The molecule has 0 radical (unpaired) electrons. The van der Waals surface area contributed by atoms with E-state index in [-0.39, 0.29) is 5.78 Å². The van der Waals surface area contributed by atoms with Crippen molar-refractivity contribution in [2.45, 2.75) is 12.3 Å². The molecule has 1 atom stereocenters. The number of sulfone groups is 1. The van der Waals surface area contributed by atoms with Gasteiger partial charge in [-0.25, -0.2) is 13.4 Å². The number of carbonyl (C=O) groups is 1. The molecule has 0 N–H and O–H groups in total. The maximum absolute atomic E-state index is 11.8. The van der Waals surface area contributed by atoms with Gasteiger partial charge < -0.3 is 4.90 Å². The van der Waals surface area contributed by atoms with Crippen LogP contribution in [0.5, 0.6) is 0 Å². The van der Waals surface area contributed by atoms with Crippen LogP contribution in [0.2, 0.25) is 0 Å². The number of Topliss-reactive ketones (excluding diaryl/α,β-unsaturated/α-hetero) is 1. The van der Waals surface area contributed by atoms with E-state index < -0.39 is 15.2 Å². The lowest BCUT2D eigenvalue weighted by atomic mass is 10.4. The van der Waals surface area contributed by atoms with Gasteiger partial charge in [-0.3, -0.25) is 4.79 Å². The summed E-state index contributed by atoms with van der Waals surface area (Å²) in [5.74, 6) is 1.38. The molecule has 2 heterocycles. The molecule has 1 unspecified atom stereocenters. The van der Waals surface area contributed by atoms with Gasteiger partial charge >= 0.3 is 0 Å². The predicted octanol–water partition coefficient (Wildman–Crippen LogP) is 1.27. The number of carbonyl (C=O) groups excluding carboxylic acids is 1. The third-order valence-electron chi connectivity index (χ3n) is 2.66. The van der Waals surface area contributed by atoms with E-state index in [2.05, 4.69) is 4.98 Å². The largest absolute Gasteiger partial charge is 0.329 e. The van der Waals surface area contributed by atoms with Crippen molar-refractivity contribution in [2.75, 3.05) is 29.2 Å². The first kappa shape index (κ1) is 13.8. The van der Waals surface area contributed by atoms with Crippen LogP contribution in [0.25, 0.3) is 0 Å². The lowest BCUT2D eigenvalue weighted by Gasteiger charge is -2.33. The van der Waals surface area contributed by atoms with Crippen LogP contribution in [0.4, 0.5) is 5.13 Å². The molecule has 0 aliphatic carbocycles. The molecule has 1 fully saturated rings. The second-order valence-electron chi connectivity index (χ2n) is 4.12. The van der Waals surface area contributed by atoms with E-state index in [1.165, 1.54) is 30.7 Å². The van der Waals surface area contributed by atoms with E-state index in [4.69, 9.17) is 0 Å². The van der Waals surface area contributed by atoms with E-state index in [9.17, 15) is 13.2 Å². The number of ketones is 1. The molecule has 1 saturated heterocycles. The van der Waals surface area contributed by atoms with Gasteiger partial charge in [-0.2, -0.15) is 11.8 Å². The van der Waals surface area contributed by atoms with Gasteiger partial charge in [0.15, 0.2) is 20.8 Å². The van der Waals surface area contributed by atoms with Crippen molar-refractivity contribution >= 4 is 43.9 Å². The Bertz CT molecular complexity index is 552. The zero-order valence-corrected chi connectivity index (χ0v) is 12.6. The topological polar surface area (TPSA) is 67.3 Å². The zero-order valence-electron chi connectivity index (χ0n) is 10.1. The fourth-order valence-corrected chi connectivity index (χ4v) is 5.49.